The Morgan fingerprint density at radius 2 is 2.14 bits per heavy atom. The van der Waals surface area contributed by atoms with Crippen LogP contribution in [0.2, 0.25) is 0 Å². The van der Waals surface area contributed by atoms with Crippen molar-refractivity contribution in [1.82, 2.24) is 25.2 Å². The van der Waals surface area contributed by atoms with Crippen molar-refractivity contribution in [2.75, 3.05) is 7.11 Å². The molecule has 112 valence electrons. The van der Waals surface area contributed by atoms with Crippen LogP contribution in [0.4, 0.5) is 0 Å². The number of hydrogen-bond acceptors (Lipinski definition) is 7. The molecular weight excluding hydrogens is 306 g/mol. The van der Waals surface area contributed by atoms with E-state index >= 15 is 0 Å². The molecule has 0 amide bonds. The summed E-state index contributed by atoms with van der Waals surface area (Å²) in [5.74, 6) is -0.555. The van der Waals surface area contributed by atoms with E-state index in [9.17, 15) is 9.90 Å². The van der Waals surface area contributed by atoms with Gasteiger partial charge in [-0.25, -0.2) is 4.79 Å². The van der Waals surface area contributed by atoms with Crippen molar-refractivity contribution in [3.05, 3.63) is 35.0 Å². The molecule has 3 rings (SSSR count). The van der Waals surface area contributed by atoms with Gasteiger partial charge in [0, 0.05) is 5.56 Å². The molecule has 1 aromatic carbocycles. The maximum absolute atomic E-state index is 11.4. The number of carbonyl (C=O) groups is 1. The molecule has 0 fully saturated rings. The Bertz CT molecular complexity index is 842. The van der Waals surface area contributed by atoms with Gasteiger partial charge in [-0.3, -0.25) is 0 Å². The van der Waals surface area contributed by atoms with Gasteiger partial charge in [0.15, 0.2) is 5.69 Å². The first kappa shape index (κ1) is 14.1. The molecule has 0 aliphatic heterocycles. The van der Waals surface area contributed by atoms with E-state index in [1.165, 1.54) is 16.0 Å². The first-order valence-corrected chi connectivity index (χ1v) is 7.05. The van der Waals surface area contributed by atoms with Gasteiger partial charge in [0.1, 0.15) is 16.5 Å². The number of ether oxygens (including phenoxy) is 1. The summed E-state index contributed by atoms with van der Waals surface area (Å²) in [5.41, 5.74) is 0.804. The number of nitrogens with zero attached hydrogens (tertiary/aromatic N) is 5. The molecule has 2 heterocycles. The Balaban J connectivity index is 2.23. The Morgan fingerprint density at radius 3 is 2.77 bits per heavy atom. The Kier molecular flexibility index (Phi) is 3.55. The van der Waals surface area contributed by atoms with Crippen molar-refractivity contribution >= 4 is 17.3 Å². The van der Waals surface area contributed by atoms with Crippen molar-refractivity contribution < 1.29 is 14.6 Å². The predicted octanol–water partition coefficient (Wildman–Crippen LogP) is 1.80. The molecule has 0 unspecified atom stereocenters. The summed E-state index contributed by atoms with van der Waals surface area (Å²) in [6.07, 6.45) is 0. The minimum atomic E-state index is -1.16. The number of aromatic nitrogens is 5. The van der Waals surface area contributed by atoms with Crippen LogP contribution in [0.15, 0.2) is 24.3 Å². The van der Waals surface area contributed by atoms with Crippen LogP contribution in [0.1, 0.15) is 15.5 Å². The van der Waals surface area contributed by atoms with Crippen LogP contribution in [0.3, 0.4) is 0 Å². The number of methoxy groups -OCH3 is 1. The van der Waals surface area contributed by atoms with E-state index in [-0.39, 0.29) is 5.69 Å². The SMILES string of the molecule is COc1cccc(-c2c(C(=O)O)nnn2-c2nnc(C)s2)c1. The van der Waals surface area contributed by atoms with Crippen molar-refractivity contribution in [3.63, 3.8) is 0 Å². The van der Waals surface area contributed by atoms with Gasteiger partial charge in [-0.2, -0.15) is 4.68 Å². The summed E-state index contributed by atoms with van der Waals surface area (Å²) in [5, 5.41) is 26.1. The second-order valence-corrected chi connectivity index (χ2v) is 5.50. The zero-order valence-corrected chi connectivity index (χ0v) is 12.5. The lowest BCUT2D eigenvalue weighted by atomic mass is 10.1. The van der Waals surface area contributed by atoms with Crippen molar-refractivity contribution in [1.29, 1.82) is 0 Å². The molecule has 1 N–H and O–H groups in total. The van der Waals surface area contributed by atoms with E-state index in [1.807, 2.05) is 0 Å². The van der Waals surface area contributed by atoms with E-state index in [4.69, 9.17) is 4.74 Å². The highest BCUT2D eigenvalue weighted by Crippen LogP contribution is 2.29. The summed E-state index contributed by atoms with van der Waals surface area (Å²) in [6.45, 7) is 1.81. The lowest BCUT2D eigenvalue weighted by Gasteiger charge is -2.06. The van der Waals surface area contributed by atoms with Crippen molar-refractivity contribution in [2.24, 2.45) is 0 Å². The highest BCUT2D eigenvalue weighted by atomic mass is 32.1. The highest BCUT2D eigenvalue weighted by Gasteiger charge is 2.23. The zero-order chi connectivity index (χ0) is 15.7. The topological polar surface area (TPSA) is 103 Å². The maximum atomic E-state index is 11.4. The van der Waals surface area contributed by atoms with Crippen molar-refractivity contribution in [3.8, 4) is 22.1 Å². The molecule has 9 heteroatoms. The van der Waals surface area contributed by atoms with E-state index in [0.717, 1.165) is 5.01 Å². The lowest BCUT2D eigenvalue weighted by molar-refractivity contribution is 0.0691. The summed E-state index contributed by atoms with van der Waals surface area (Å²) in [4.78, 5) is 11.4. The summed E-state index contributed by atoms with van der Waals surface area (Å²) in [6, 6.07) is 7.02. The molecule has 0 atom stereocenters. The molecule has 0 spiro atoms. The van der Waals surface area contributed by atoms with Crippen LogP contribution in [0, 0.1) is 6.92 Å². The van der Waals surface area contributed by atoms with E-state index in [2.05, 4.69) is 20.5 Å². The van der Waals surface area contributed by atoms with Gasteiger partial charge in [-0.05, 0) is 19.1 Å². The molecule has 8 nitrogen and oxygen atoms in total. The number of benzene rings is 1. The molecule has 0 saturated carbocycles. The van der Waals surface area contributed by atoms with Gasteiger partial charge in [-0.1, -0.05) is 28.7 Å². The monoisotopic (exact) mass is 317 g/mol. The number of carboxylic acid groups (broad SMARTS) is 1. The minimum absolute atomic E-state index is 0.152. The highest BCUT2D eigenvalue weighted by molar-refractivity contribution is 7.13. The molecular formula is C13H11N5O3S. The van der Waals surface area contributed by atoms with Gasteiger partial charge < -0.3 is 9.84 Å². The number of hydrogen-bond donors (Lipinski definition) is 1. The van der Waals surface area contributed by atoms with Gasteiger partial charge in [0.05, 0.1) is 7.11 Å². The summed E-state index contributed by atoms with van der Waals surface area (Å²) < 4.78 is 6.56. The van der Waals surface area contributed by atoms with Crippen LogP contribution in [-0.4, -0.2) is 43.4 Å². The molecule has 0 saturated heterocycles. The normalized spacial score (nSPS) is 10.6. The molecule has 2 aromatic heterocycles. The molecule has 3 aromatic rings. The summed E-state index contributed by atoms with van der Waals surface area (Å²) >= 11 is 1.30. The Labute approximate surface area is 129 Å². The average molecular weight is 317 g/mol. The van der Waals surface area contributed by atoms with Gasteiger partial charge in [-0.15, -0.1) is 15.3 Å². The number of rotatable bonds is 4. The first-order chi connectivity index (χ1) is 10.6. The Hall–Kier alpha value is -2.81. The fourth-order valence-electron chi connectivity index (χ4n) is 1.96. The van der Waals surface area contributed by atoms with Crippen LogP contribution in [0.5, 0.6) is 5.75 Å². The van der Waals surface area contributed by atoms with Crippen LogP contribution in [0.25, 0.3) is 16.4 Å². The molecule has 0 radical (unpaired) electrons. The third-order valence-electron chi connectivity index (χ3n) is 2.91. The van der Waals surface area contributed by atoms with Crippen LogP contribution >= 0.6 is 11.3 Å². The fraction of sp³-hybridized carbons (Fsp3) is 0.154. The number of aryl methyl sites for hydroxylation is 1. The summed E-state index contributed by atoms with van der Waals surface area (Å²) in [7, 11) is 1.54. The predicted molar refractivity (Wildman–Crippen MR) is 78.5 cm³/mol. The van der Waals surface area contributed by atoms with Gasteiger partial charge >= 0.3 is 5.97 Å². The Morgan fingerprint density at radius 1 is 1.32 bits per heavy atom. The molecule has 0 aliphatic carbocycles. The maximum Gasteiger partial charge on any atom is 0.358 e. The van der Waals surface area contributed by atoms with Crippen LogP contribution in [-0.2, 0) is 0 Å². The van der Waals surface area contributed by atoms with E-state index in [0.29, 0.717) is 22.1 Å². The van der Waals surface area contributed by atoms with Gasteiger partial charge in [0.25, 0.3) is 0 Å². The average Bonchev–Trinajstić information content (AvgIpc) is 3.13. The lowest BCUT2D eigenvalue weighted by Crippen LogP contribution is -2.03. The third-order valence-corrected chi connectivity index (χ3v) is 3.73. The quantitative estimate of drug-likeness (QED) is 0.782. The fourth-order valence-corrected chi connectivity index (χ4v) is 2.60. The minimum Gasteiger partial charge on any atom is -0.497 e. The zero-order valence-electron chi connectivity index (χ0n) is 11.7. The second kappa shape index (κ2) is 5.53. The van der Waals surface area contributed by atoms with E-state index < -0.39 is 5.97 Å². The molecule has 22 heavy (non-hydrogen) atoms. The standard InChI is InChI=1S/C13H11N5O3S/c1-7-14-16-13(22-7)18-11(10(12(19)20)15-17-18)8-4-3-5-9(6-8)21-2/h3-6H,1-2H3,(H,19,20). The van der Waals surface area contributed by atoms with E-state index in [1.54, 1.807) is 38.3 Å². The third kappa shape index (κ3) is 2.42. The van der Waals surface area contributed by atoms with Crippen LogP contribution < -0.4 is 4.74 Å². The largest absolute Gasteiger partial charge is 0.497 e. The second-order valence-electron chi connectivity index (χ2n) is 4.34. The molecule has 0 bridgehead atoms. The number of carboxylic acids is 1. The first-order valence-electron chi connectivity index (χ1n) is 6.24. The number of aromatic carboxylic acids is 1. The molecule has 0 aliphatic rings. The smallest absolute Gasteiger partial charge is 0.358 e. The van der Waals surface area contributed by atoms with Gasteiger partial charge in [0.2, 0.25) is 5.13 Å². The van der Waals surface area contributed by atoms with Crippen molar-refractivity contribution in [2.45, 2.75) is 6.92 Å².